The summed E-state index contributed by atoms with van der Waals surface area (Å²) in [6.07, 6.45) is -4.49. The molecule has 2 aromatic heterocycles. The molecule has 0 aliphatic carbocycles. The molecule has 0 saturated carbocycles. The number of carbonyl (C=O) groups is 2. The van der Waals surface area contributed by atoms with Gasteiger partial charge in [-0.25, -0.2) is 14.3 Å². The minimum Gasteiger partial charge on any atom is -0.481 e. The molecule has 1 aliphatic rings. The van der Waals surface area contributed by atoms with Crippen LogP contribution in [0.15, 0.2) is 18.5 Å². The molecule has 5 N–H and O–H groups in total. The number of nitriles is 1. The molecule has 13 nitrogen and oxygen atoms in total. The van der Waals surface area contributed by atoms with E-state index in [-0.39, 0.29) is 31.0 Å². The normalized spacial score (nSPS) is 25.7. The van der Waals surface area contributed by atoms with Gasteiger partial charge in [-0.1, -0.05) is 0 Å². The molecule has 0 amide bonds. The highest BCUT2D eigenvalue weighted by Gasteiger charge is 2.57. The second-order valence-electron chi connectivity index (χ2n) is 6.51. The molecule has 160 valence electrons. The summed E-state index contributed by atoms with van der Waals surface area (Å²) in [5.74, 6) is -0.885. The molecule has 3 rings (SSSR count). The number of aliphatic hydroxyl groups is 2. The molecule has 1 aliphatic heterocycles. The monoisotopic (exact) mass is 421 g/mol. The maximum Gasteiger partial charge on any atom is 0.508 e. The fraction of sp³-hybridized carbons (Fsp3) is 0.471. The van der Waals surface area contributed by atoms with Crippen LogP contribution < -0.4 is 5.73 Å². The molecule has 4 atom stereocenters. The maximum absolute atomic E-state index is 11.6. The van der Waals surface area contributed by atoms with Gasteiger partial charge >= 0.3 is 12.1 Å². The number of rotatable bonds is 7. The van der Waals surface area contributed by atoms with Gasteiger partial charge in [-0.15, -0.1) is 0 Å². The van der Waals surface area contributed by atoms with E-state index in [0.717, 1.165) is 6.33 Å². The van der Waals surface area contributed by atoms with E-state index < -0.39 is 42.6 Å². The minimum atomic E-state index is -2.01. The second kappa shape index (κ2) is 8.49. The van der Waals surface area contributed by atoms with Gasteiger partial charge in [-0.05, 0) is 18.6 Å². The number of hydrogen-bond acceptors (Lipinski definition) is 11. The van der Waals surface area contributed by atoms with Crippen molar-refractivity contribution in [3.05, 3.63) is 24.2 Å². The van der Waals surface area contributed by atoms with Crippen molar-refractivity contribution in [3.8, 4) is 6.07 Å². The SMILES string of the molecule is N#C[C@@]1(c2ccc3c(N)ncnn23)O[C@H](COC(=O)OCCCC(=O)O)[C@@H](O)[C@H]1O. The third-order valence-electron chi connectivity index (χ3n) is 4.61. The van der Waals surface area contributed by atoms with E-state index in [1.165, 1.54) is 16.6 Å². The van der Waals surface area contributed by atoms with E-state index in [4.69, 9.17) is 25.1 Å². The number of hydrogen-bond donors (Lipinski definition) is 4. The average molecular weight is 421 g/mol. The molecule has 0 bridgehead atoms. The molecule has 1 fully saturated rings. The van der Waals surface area contributed by atoms with Crippen LogP contribution in [0.5, 0.6) is 0 Å². The Bertz CT molecular complexity index is 988. The molecule has 0 radical (unpaired) electrons. The van der Waals surface area contributed by atoms with Crippen LogP contribution in [0, 0.1) is 11.3 Å². The van der Waals surface area contributed by atoms with E-state index in [0.29, 0.717) is 5.52 Å². The van der Waals surface area contributed by atoms with Crippen LogP contribution in [0.25, 0.3) is 5.52 Å². The highest BCUT2D eigenvalue weighted by atomic mass is 16.7. The lowest BCUT2D eigenvalue weighted by Crippen LogP contribution is -2.41. The first-order valence-electron chi connectivity index (χ1n) is 8.85. The van der Waals surface area contributed by atoms with Crippen molar-refractivity contribution in [2.75, 3.05) is 18.9 Å². The van der Waals surface area contributed by atoms with Crippen molar-refractivity contribution >= 4 is 23.5 Å². The number of aliphatic carboxylic acids is 1. The minimum absolute atomic E-state index is 0.107. The Morgan fingerprint density at radius 2 is 2.13 bits per heavy atom. The molecule has 3 heterocycles. The highest BCUT2D eigenvalue weighted by molar-refractivity contribution is 5.67. The zero-order chi connectivity index (χ0) is 21.9. The van der Waals surface area contributed by atoms with Crippen LogP contribution >= 0.6 is 0 Å². The first-order chi connectivity index (χ1) is 14.3. The topological polar surface area (TPSA) is 203 Å². The van der Waals surface area contributed by atoms with E-state index in [1.807, 2.05) is 6.07 Å². The molecule has 0 aromatic carbocycles. The number of aromatic nitrogens is 3. The van der Waals surface area contributed by atoms with Gasteiger partial charge in [-0.3, -0.25) is 4.79 Å². The number of anilines is 1. The van der Waals surface area contributed by atoms with Gasteiger partial charge in [0, 0.05) is 6.42 Å². The molecule has 2 aromatic rings. The van der Waals surface area contributed by atoms with E-state index in [1.54, 1.807) is 0 Å². The van der Waals surface area contributed by atoms with E-state index >= 15 is 0 Å². The number of nitrogens with two attached hydrogens (primary N) is 1. The first kappa shape index (κ1) is 21.2. The zero-order valence-corrected chi connectivity index (χ0v) is 15.5. The summed E-state index contributed by atoms with van der Waals surface area (Å²) in [5.41, 5.74) is 4.25. The van der Waals surface area contributed by atoms with Gasteiger partial charge in [0.1, 0.15) is 42.8 Å². The smallest absolute Gasteiger partial charge is 0.481 e. The summed E-state index contributed by atoms with van der Waals surface area (Å²) in [6, 6.07) is 4.85. The fourth-order valence-electron chi connectivity index (χ4n) is 3.12. The van der Waals surface area contributed by atoms with Gasteiger partial charge in [0.15, 0.2) is 5.82 Å². The Labute approximate surface area is 169 Å². The number of nitrogen functional groups attached to an aromatic ring is 1. The third kappa shape index (κ3) is 3.83. The molecule has 30 heavy (non-hydrogen) atoms. The van der Waals surface area contributed by atoms with Gasteiger partial charge in [-0.2, -0.15) is 10.4 Å². The summed E-state index contributed by atoms with van der Waals surface area (Å²) in [7, 11) is 0. The number of carbonyl (C=O) groups excluding carboxylic acids is 1. The summed E-state index contributed by atoms with van der Waals surface area (Å²) in [6.45, 7) is -0.679. The predicted molar refractivity (Wildman–Crippen MR) is 95.7 cm³/mol. The summed E-state index contributed by atoms with van der Waals surface area (Å²) in [5, 5.41) is 43.2. The number of ether oxygens (including phenoxy) is 3. The predicted octanol–water partition coefficient (Wildman–Crippen LogP) is -0.831. The van der Waals surface area contributed by atoms with E-state index in [2.05, 4.69) is 10.1 Å². The first-order valence-corrected chi connectivity index (χ1v) is 8.85. The number of fused-ring (bicyclic) bond motifs is 1. The fourth-order valence-corrected chi connectivity index (χ4v) is 3.12. The van der Waals surface area contributed by atoms with Crippen molar-refractivity contribution in [2.45, 2.75) is 36.8 Å². The van der Waals surface area contributed by atoms with Crippen molar-refractivity contribution in [3.63, 3.8) is 0 Å². The Hall–Kier alpha value is -3.47. The number of nitrogens with zero attached hydrogens (tertiary/aromatic N) is 4. The van der Waals surface area contributed by atoms with Crippen LogP contribution in [0.3, 0.4) is 0 Å². The summed E-state index contributed by atoms with van der Waals surface area (Å²) >= 11 is 0. The zero-order valence-electron chi connectivity index (χ0n) is 15.5. The average Bonchev–Trinajstić information content (AvgIpc) is 3.26. The van der Waals surface area contributed by atoms with Crippen LogP contribution in [-0.4, -0.2) is 73.6 Å². The van der Waals surface area contributed by atoms with Crippen LogP contribution in [-0.2, 0) is 24.6 Å². The van der Waals surface area contributed by atoms with Gasteiger partial charge in [0.25, 0.3) is 0 Å². The van der Waals surface area contributed by atoms with Crippen LogP contribution in [0.4, 0.5) is 10.6 Å². The third-order valence-corrected chi connectivity index (χ3v) is 4.61. The van der Waals surface area contributed by atoms with Crippen molar-refractivity contribution in [1.82, 2.24) is 14.6 Å². The Morgan fingerprint density at radius 1 is 1.37 bits per heavy atom. The summed E-state index contributed by atoms with van der Waals surface area (Å²) < 4.78 is 16.5. The second-order valence-corrected chi connectivity index (χ2v) is 6.51. The molecular weight excluding hydrogens is 402 g/mol. The van der Waals surface area contributed by atoms with E-state index in [9.17, 15) is 25.1 Å². The number of carboxylic acid groups (broad SMARTS) is 1. The molecule has 0 unspecified atom stereocenters. The quantitative estimate of drug-likeness (QED) is 0.319. The lowest BCUT2D eigenvalue weighted by molar-refractivity contribution is -0.137. The van der Waals surface area contributed by atoms with Crippen LogP contribution in [0.1, 0.15) is 18.5 Å². The molecule has 1 saturated heterocycles. The summed E-state index contributed by atoms with van der Waals surface area (Å²) in [4.78, 5) is 25.9. The number of aliphatic hydroxyl groups excluding tert-OH is 2. The molecule has 13 heteroatoms. The Kier molecular flexibility index (Phi) is 6.01. The molecular formula is C17H19N5O8. The highest BCUT2D eigenvalue weighted by Crippen LogP contribution is 2.40. The van der Waals surface area contributed by atoms with Crippen molar-refractivity contribution in [2.24, 2.45) is 0 Å². The van der Waals surface area contributed by atoms with Gasteiger partial charge in [0.05, 0.1) is 12.3 Å². The standard InChI is InChI=1S/C17H19N5O8/c18-7-17(11-4-3-9-15(19)20-8-21-22(9)11)14(26)13(25)10(30-17)6-29-16(27)28-5-1-2-12(23)24/h3-4,8,10,13-14,25-26H,1-2,5-6H2,(H,23,24)(H2,19,20,21)/t10-,13-,14-,17+/m1/s1. The van der Waals surface area contributed by atoms with Crippen LogP contribution in [0.2, 0.25) is 0 Å². The number of carboxylic acids is 1. The van der Waals surface area contributed by atoms with Crippen molar-refractivity contribution in [1.29, 1.82) is 5.26 Å². The lowest BCUT2D eigenvalue weighted by atomic mass is 9.92. The van der Waals surface area contributed by atoms with Gasteiger partial charge < -0.3 is 35.3 Å². The molecule has 0 spiro atoms. The van der Waals surface area contributed by atoms with Crippen molar-refractivity contribution < 1.29 is 39.1 Å². The Balaban J connectivity index is 1.70. The maximum atomic E-state index is 11.6. The Morgan fingerprint density at radius 3 is 2.83 bits per heavy atom. The van der Waals surface area contributed by atoms with Gasteiger partial charge in [0.2, 0.25) is 5.60 Å². The largest absolute Gasteiger partial charge is 0.508 e. The lowest BCUT2D eigenvalue weighted by Gasteiger charge is -2.24.